The van der Waals surface area contributed by atoms with E-state index in [9.17, 15) is 9.90 Å². The number of fused-ring (bicyclic) bond motifs is 2. The molecule has 8 nitrogen and oxygen atoms in total. The average molecular weight is 414 g/mol. The van der Waals surface area contributed by atoms with Gasteiger partial charge in [-0.3, -0.25) is 24.4 Å². The van der Waals surface area contributed by atoms with Crippen LogP contribution in [0.25, 0.3) is 22.2 Å². The Morgan fingerprint density at radius 3 is 2.65 bits per heavy atom. The van der Waals surface area contributed by atoms with Crippen molar-refractivity contribution in [2.45, 2.75) is 32.5 Å². The molecule has 0 radical (unpaired) electrons. The summed E-state index contributed by atoms with van der Waals surface area (Å²) >= 11 is 0. The van der Waals surface area contributed by atoms with Gasteiger partial charge in [0, 0.05) is 36.0 Å². The summed E-state index contributed by atoms with van der Waals surface area (Å²) in [4.78, 5) is 27.7. The molecule has 0 spiro atoms. The van der Waals surface area contributed by atoms with E-state index in [1.54, 1.807) is 54.2 Å². The molecule has 0 fully saturated rings. The molecular formula is C23H22N6O2. The Bertz CT molecular complexity index is 1300. The maximum absolute atomic E-state index is 12.6. The molecule has 1 amide bonds. The van der Waals surface area contributed by atoms with E-state index in [2.05, 4.69) is 20.1 Å². The molecule has 1 aliphatic heterocycles. The van der Waals surface area contributed by atoms with Crippen molar-refractivity contribution in [2.75, 3.05) is 0 Å². The molecule has 0 unspecified atom stereocenters. The highest BCUT2D eigenvalue weighted by Crippen LogP contribution is 2.33. The van der Waals surface area contributed by atoms with Crippen molar-refractivity contribution in [3.05, 3.63) is 71.6 Å². The summed E-state index contributed by atoms with van der Waals surface area (Å²) in [6, 6.07) is 7.40. The van der Waals surface area contributed by atoms with Crippen LogP contribution in [0.4, 0.5) is 0 Å². The lowest BCUT2D eigenvalue weighted by Crippen LogP contribution is -2.23. The predicted molar refractivity (Wildman–Crippen MR) is 115 cm³/mol. The third kappa shape index (κ3) is 3.34. The molecule has 5 rings (SSSR count). The number of amides is 1. The Morgan fingerprint density at radius 1 is 1.10 bits per heavy atom. The normalized spacial score (nSPS) is 13.8. The second-order valence-electron chi connectivity index (χ2n) is 8.34. The topological polar surface area (TPSA) is 97.0 Å². The van der Waals surface area contributed by atoms with E-state index in [1.165, 1.54) is 0 Å². The summed E-state index contributed by atoms with van der Waals surface area (Å²) in [6.45, 7) is 4.35. The van der Waals surface area contributed by atoms with E-state index in [0.29, 0.717) is 30.0 Å². The lowest BCUT2D eigenvalue weighted by Gasteiger charge is -2.19. The fraction of sp³-hybridized carbons (Fsp3) is 0.261. The number of aliphatic hydroxyl groups is 1. The summed E-state index contributed by atoms with van der Waals surface area (Å²) in [7, 11) is 1.85. The van der Waals surface area contributed by atoms with Crippen molar-refractivity contribution in [1.82, 2.24) is 29.6 Å². The van der Waals surface area contributed by atoms with Gasteiger partial charge in [0.25, 0.3) is 5.91 Å². The molecule has 4 heterocycles. The van der Waals surface area contributed by atoms with Crippen LogP contribution in [0.3, 0.4) is 0 Å². The molecule has 1 N–H and O–H groups in total. The summed E-state index contributed by atoms with van der Waals surface area (Å²) in [6.07, 6.45) is 7.03. The third-order valence-corrected chi connectivity index (χ3v) is 5.53. The monoisotopic (exact) mass is 414 g/mol. The Labute approximate surface area is 179 Å². The maximum Gasteiger partial charge on any atom is 0.256 e. The Morgan fingerprint density at radius 2 is 1.94 bits per heavy atom. The predicted octanol–water partition coefficient (Wildman–Crippen LogP) is 2.81. The van der Waals surface area contributed by atoms with Crippen molar-refractivity contribution in [3.8, 4) is 11.3 Å². The third-order valence-electron chi connectivity index (χ3n) is 5.53. The second kappa shape index (κ2) is 6.95. The number of pyridine rings is 1. The number of benzene rings is 1. The molecule has 0 saturated carbocycles. The van der Waals surface area contributed by atoms with Gasteiger partial charge in [0.05, 0.1) is 59.2 Å². The lowest BCUT2D eigenvalue weighted by atomic mass is 9.93. The SMILES string of the molecule is Cn1cc2c(-c3cnc(CN4Cc5ncccc5C4=O)cn3)ccc(C(C)(C)O)c2n1. The largest absolute Gasteiger partial charge is 0.386 e. The molecule has 1 aromatic carbocycles. The first-order valence-corrected chi connectivity index (χ1v) is 10.0. The van der Waals surface area contributed by atoms with Crippen molar-refractivity contribution in [2.24, 2.45) is 7.05 Å². The zero-order valence-electron chi connectivity index (χ0n) is 17.6. The van der Waals surface area contributed by atoms with Gasteiger partial charge >= 0.3 is 0 Å². The first-order chi connectivity index (χ1) is 14.8. The van der Waals surface area contributed by atoms with Gasteiger partial charge < -0.3 is 10.0 Å². The number of aryl methyl sites for hydroxylation is 1. The van der Waals surface area contributed by atoms with Gasteiger partial charge in [-0.25, -0.2) is 0 Å². The van der Waals surface area contributed by atoms with Crippen LogP contribution in [0.15, 0.2) is 49.1 Å². The van der Waals surface area contributed by atoms with Gasteiger partial charge in [-0.15, -0.1) is 0 Å². The van der Waals surface area contributed by atoms with E-state index >= 15 is 0 Å². The van der Waals surface area contributed by atoms with Crippen LogP contribution in [-0.4, -0.2) is 40.6 Å². The minimum absolute atomic E-state index is 0.0340. The first-order valence-electron chi connectivity index (χ1n) is 10.0. The van der Waals surface area contributed by atoms with E-state index in [1.807, 2.05) is 25.4 Å². The van der Waals surface area contributed by atoms with E-state index < -0.39 is 5.60 Å². The van der Waals surface area contributed by atoms with Crippen LogP contribution < -0.4 is 0 Å². The van der Waals surface area contributed by atoms with Crippen molar-refractivity contribution in [3.63, 3.8) is 0 Å². The fourth-order valence-electron chi connectivity index (χ4n) is 4.02. The van der Waals surface area contributed by atoms with Crippen molar-refractivity contribution in [1.29, 1.82) is 0 Å². The maximum atomic E-state index is 12.6. The van der Waals surface area contributed by atoms with Gasteiger partial charge in [0.1, 0.15) is 0 Å². The number of hydrogen-bond acceptors (Lipinski definition) is 6. The number of carbonyl (C=O) groups excluding carboxylic acids is 1. The summed E-state index contributed by atoms with van der Waals surface area (Å²) in [5.74, 6) is -0.0340. The Kier molecular flexibility index (Phi) is 4.33. The van der Waals surface area contributed by atoms with Gasteiger partial charge in [-0.1, -0.05) is 12.1 Å². The molecule has 0 atom stereocenters. The first kappa shape index (κ1) is 19.3. The van der Waals surface area contributed by atoms with Crippen LogP contribution >= 0.6 is 0 Å². The summed E-state index contributed by atoms with van der Waals surface area (Å²) in [5.41, 5.74) is 4.26. The van der Waals surface area contributed by atoms with E-state index in [4.69, 9.17) is 0 Å². The van der Waals surface area contributed by atoms with Crippen LogP contribution in [0.1, 0.15) is 41.2 Å². The minimum atomic E-state index is -1.00. The number of carbonyl (C=O) groups is 1. The molecule has 3 aromatic heterocycles. The Balaban J connectivity index is 1.44. The molecule has 0 saturated heterocycles. The summed E-state index contributed by atoms with van der Waals surface area (Å²) in [5, 5.41) is 15.9. The zero-order chi connectivity index (χ0) is 21.8. The quantitative estimate of drug-likeness (QED) is 0.552. The number of rotatable bonds is 4. The molecule has 0 aliphatic carbocycles. The van der Waals surface area contributed by atoms with Crippen molar-refractivity contribution < 1.29 is 9.90 Å². The van der Waals surface area contributed by atoms with Crippen LogP contribution in [-0.2, 0) is 25.7 Å². The molecule has 31 heavy (non-hydrogen) atoms. The smallest absolute Gasteiger partial charge is 0.256 e. The highest BCUT2D eigenvalue weighted by Gasteiger charge is 2.28. The molecular weight excluding hydrogens is 392 g/mol. The Hall–Kier alpha value is -3.65. The second-order valence-corrected chi connectivity index (χ2v) is 8.34. The van der Waals surface area contributed by atoms with E-state index in [-0.39, 0.29) is 5.91 Å². The molecule has 0 bridgehead atoms. The van der Waals surface area contributed by atoms with Gasteiger partial charge in [-0.2, -0.15) is 5.10 Å². The number of nitrogens with zero attached hydrogens (tertiary/aromatic N) is 6. The van der Waals surface area contributed by atoms with Gasteiger partial charge in [-0.05, 0) is 26.0 Å². The van der Waals surface area contributed by atoms with Gasteiger partial charge in [0.2, 0.25) is 0 Å². The average Bonchev–Trinajstić information content (AvgIpc) is 3.27. The summed E-state index contributed by atoms with van der Waals surface area (Å²) < 4.78 is 1.73. The van der Waals surface area contributed by atoms with Crippen LogP contribution in [0.5, 0.6) is 0 Å². The molecule has 8 heteroatoms. The van der Waals surface area contributed by atoms with Crippen molar-refractivity contribution >= 4 is 16.8 Å². The number of hydrogen-bond donors (Lipinski definition) is 1. The standard InChI is InChI=1S/C23H22N6O2/c1-23(2,31)18-7-6-15(17-12-28(3)27-21(17)18)19-10-25-14(9-26-19)11-29-13-20-16(22(29)30)5-4-8-24-20/h4-10,12,31H,11,13H2,1-3H3. The molecule has 4 aromatic rings. The van der Waals surface area contributed by atoms with Crippen LogP contribution in [0, 0.1) is 0 Å². The zero-order valence-corrected chi connectivity index (χ0v) is 17.6. The number of aromatic nitrogens is 5. The van der Waals surface area contributed by atoms with E-state index in [0.717, 1.165) is 27.7 Å². The minimum Gasteiger partial charge on any atom is -0.386 e. The molecule has 156 valence electrons. The highest BCUT2D eigenvalue weighted by atomic mass is 16.3. The van der Waals surface area contributed by atoms with Crippen LogP contribution in [0.2, 0.25) is 0 Å². The van der Waals surface area contributed by atoms with Gasteiger partial charge in [0.15, 0.2) is 0 Å². The molecule has 1 aliphatic rings. The highest BCUT2D eigenvalue weighted by molar-refractivity contribution is 5.97. The lowest BCUT2D eigenvalue weighted by molar-refractivity contribution is 0.0763. The fourth-order valence-corrected chi connectivity index (χ4v) is 4.02.